The Hall–Kier alpha value is -0.220. The van der Waals surface area contributed by atoms with Crippen LogP contribution in [0.5, 0.6) is 0 Å². The fourth-order valence-corrected chi connectivity index (χ4v) is 3.00. The third kappa shape index (κ3) is 3.41. The second-order valence-electron chi connectivity index (χ2n) is 5.99. The molecule has 2 aliphatic carbocycles. The lowest BCUT2D eigenvalue weighted by atomic mass is 10.0. The van der Waals surface area contributed by atoms with Crippen molar-refractivity contribution in [2.75, 3.05) is 26.0 Å². The zero-order valence-corrected chi connectivity index (χ0v) is 12.4. The van der Waals surface area contributed by atoms with Crippen LogP contribution in [0.1, 0.15) is 39.0 Å². The Kier molecular flexibility index (Phi) is 4.59. The number of hydrogen-bond acceptors (Lipinski definition) is 3. The SMILES string of the molecule is COCCN(C(=O)CC1(CS)CC1)C(C)C1CC1. The van der Waals surface area contributed by atoms with E-state index in [0.717, 1.165) is 31.1 Å². The zero-order chi connectivity index (χ0) is 13.2. The van der Waals surface area contributed by atoms with Crippen molar-refractivity contribution in [1.29, 1.82) is 0 Å². The molecular formula is C14H25NO2S. The van der Waals surface area contributed by atoms with Crippen molar-refractivity contribution in [3.63, 3.8) is 0 Å². The number of carbonyl (C=O) groups is 1. The Balaban J connectivity index is 1.91. The third-order valence-corrected chi connectivity index (χ3v) is 5.14. The van der Waals surface area contributed by atoms with Crippen LogP contribution < -0.4 is 0 Å². The van der Waals surface area contributed by atoms with Gasteiger partial charge in [0, 0.05) is 26.1 Å². The number of methoxy groups -OCH3 is 1. The van der Waals surface area contributed by atoms with Gasteiger partial charge in [0.25, 0.3) is 0 Å². The molecular weight excluding hydrogens is 246 g/mol. The van der Waals surface area contributed by atoms with E-state index in [-0.39, 0.29) is 5.41 Å². The lowest BCUT2D eigenvalue weighted by Crippen LogP contribution is -2.43. The maximum atomic E-state index is 12.5. The fourth-order valence-electron chi connectivity index (χ4n) is 2.57. The summed E-state index contributed by atoms with van der Waals surface area (Å²) in [5, 5.41) is 0. The van der Waals surface area contributed by atoms with E-state index >= 15 is 0 Å². The number of hydrogen-bond donors (Lipinski definition) is 1. The van der Waals surface area contributed by atoms with Gasteiger partial charge in [-0.05, 0) is 49.7 Å². The van der Waals surface area contributed by atoms with Crippen molar-refractivity contribution >= 4 is 18.5 Å². The van der Waals surface area contributed by atoms with Gasteiger partial charge >= 0.3 is 0 Å². The summed E-state index contributed by atoms with van der Waals surface area (Å²) in [7, 11) is 1.69. The van der Waals surface area contributed by atoms with Crippen molar-refractivity contribution in [3.05, 3.63) is 0 Å². The first-order valence-electron chi connectivity index (χ1n) is 7.01. The van der Waals surface area contributed by atoms with E-state index in [0.29, 0.717) is 25.0 Å². The maximum absolute atomic E-state index is 12.5. The van der Waals surface area contributed by atoms with Crippen molar-refractivity contribution in [2.45, 2.75) is 45.1 Å². The fraction of sp³-hybridized carbons (Fsp3) is 0.929. The predicted molar refractivity (Wildman–Crippen MR) is 75.9 cm³/mol. The number of rotatable bonds is 8. The van der Waals surface area contributed by atoms with E-state index in [1.807, 2.05) is 4.90 Å². The number of carbonyl (C=O) groups excluding carboxylic acids is 1. The molecule has 1 atom stereocenters. The number of thiol groups is 1. The van der Waals surface area contributed by atoms with Crippen LogP contribution in [-0.2, 0) is 9.53 Å². The molecule has 2 rings (SSSR count). The van der Waals surface area contributed by atoms with Gasteiger partial charge in [-0.15, -0.1) is 0 Å². The number of ether oxygens (including phenoxy) is 1. The van der Waals surface area contributed by atoms with E-state index in [9.17, 15) is 4.79 Å². The smallest absolute Gasteiger partial charge is 0.223 e. The van der Waals surface area contributed by atoms with Crippen LogP contribution in [0.15, 0.2) is 0 Å². The monoisotopic (exact) mass is 271 g/mol. The molecule has 0 aromatic carbocycles. The minimum absolute atomic E-state index is 0.217. The predicted octanol–water partition coefficient (Wildman–Crippen LogP) is 2.36. The average Bonchev–Trinajstić information content (AvgIpc) is 3.24. The van der Waals surface area contributed by atoms with Crippen molar-refractivity contribution < 1.29 is 9.53 Å². The molecule has 0 aliphatic heterocycles. The first-order chi connectivity index (χ1) is 8.62. The maximum Gasteiger partial charge on any atom is 0.223 e. The molecule has 1 unspecified atom stereocenters. The molecule has 0 radical (unpaired) electrons. The Bertz CT molecular complexity index is 300. The summed E-state index contributed by atoms with van der Waals surface area (Å²) < 4.78 is 5.14. The second kappa shape index (κ2) is 5.83. The van der Waals surface area contributed by atoms with Crippen molar-refractivity contribution in [3.8, 4) is 0 Å². The van der Waals surface area contributed by atoms with Crippen molar-refractivity contribution in [2.24, 2.45) is 11.3 Å². The highest BCUT2D eigenvalue weighted by molar-refractivity contribution is 7.80. The summed E-state index contributed by atoms with van der Waals surface area (Å²) in [6.07, 6.45) is 5.55. The van der Waals surface area contributed by atoms with Gasteiger partial charge in [0.1, 0.15) is 0 Å². The van der Waals surface area contributed by atoms with Gasteiger partial charge in [-0.1, -0.05) is 0 Å². The topological polar surface area (TPSA) is 29.5 Å². The van der Waals surface area contributed by atoms with E-state index < -0.39 is 0 Å². The minimum Gasteiger partial charge on any atom is -0.383 e. The minimum atomic E-state index is 0.217. The van der Waals surface area contributed by atoms with Gasteiger partial charge in [0.2, 0.25) is 5.91 Å². The first kappa shape index (κ1) is 14.2. The van der Waals surface area contributed by atoms with E-state index in [4.69, 9.17) is 4.74 Å². The molecule has 0 N–H and O–H groups in total. The summed E-state index contributed by atoms with van der Waals surface area (Å²) in [5.74, 6) is 1.87. The molecule has 1 amide bonds. The molecule has 2 fully saturated rings. The summed E-state index contributed by atoms with van der Waals surface area (Å²) in [6.45, 7) is 3.55. The lowest BCUT2D eigenvalue weighted by Gasteiger charge is -2.30. The normalized spacial score (nSPS) is 22.6. The Morgan fingerprint density at radius 1 is 1.50 bits per heavy atom. The second-order valence-corrected chi connectivity index (χ2v) is 6.31. The van der Waals surface area contributed by atoms with Crippen LogP contribution in [0, 0.1) is 11.3 Å². The van der Waals surface area contributed by atoms with Gasteiger partial charge < -0.3 is 9.64 Å². The van der Waals surface area contributed by atoms with Crippen LogP contribution in [0.4, 0.5) is 0 Å². The van der Waals surface area contributed by atoms with E-state index in [1.165, 1.54) is 12.8 Å². The lowest BCUT2D eigenvalue weighted by molar-refractivity contribution is -0.135. The summed E-state index contributed by atoms with van der Waals surface area (Å²) in [5.41, 5.74) is 0.217. The summed E-state index contributed by atoms with van der Waals surface area (Å²) in [6, 6.07) is 0.378. The van der Waals surface area contributed by atoms with E-state index in [1.54, 1.807) is 7.11 Å². The molecule has 0 saturated heterocycles. The highest BCUT2D eigenvalue weighted by Gasteiger charge is 2.45. The Morgan fingerprint density at radius 2 is 2.17 bits per heavy atom. The largest absolute Gasteiger partial charge is 0.383 e. The molecule has 0 aromatic rings. The van der Waals surface area contributed by atoms with Crippen LogP contribution >= 0.6 is 12.6 Å². The standard InChI is InChI=1S/C14H25NO2S/c1-11(12-3-4-12)15(7-8-17-2)13(16)9-14(10-18)5-6-14/h11-12,18H,3-10H2,1-2H3. The molecule has 0 heterocycles. The van der Waals surface area contributed by atoms with Crippen LogP contribution in [0.2, 0.25) is 0 Å². The molecule has 104 valence electrons. The summed E-state index contributed by atoms with van der Waals surface area (Å²) in [4.78, 5) is 14.5. The van der Waals surface area contributed by atoms with Gasteiger partial charge in [-0.2, -0.15) is 12.6 Å². The Labute approximate surface area is 116 Å². The van der Waals surface area contributed by atoms with Gasteiger partial charge in [0.15, 0.2) is 0 Å². The molecule has 2 saturated carbocycles. The number of nitrogens with zero attached hydrogens (tertiary/aromatic N) is 1. The zero-order valence-electron chi connectivity index (χ0n) is 11.5. The molecule has 0 spiro atoms. The highest BCUT2D eigenvalue weighted by atomic mass is 32.1. The molecule has 0 bridgehead atoms. The first-order valence-corrected chi connectivity index (χ1v) is 7.64. The average molecular weight is 271 g/mol. The Morgan fingerprint density at radius 3 is 2.61 bits per heavy atom. The van der Waals surface area contributed by atoms with Crippen molar-refractivity contribution in [1.82, 2.24) is 4.90 Å². The third-order valence-electron chi connectivity index (χ3n) is 4.47. The van der Waals surface area contributed by atoms with Crippen LogP contribution in [-0.4, -0.2) is 42.9 Å². The van der Waals surface area contributed by atoms with Gasteiger partial charge in [-0.3, -0.25) is 4.79 Å². The van der Waals surface area contributed by atoms with E-state index in [2.05, 4.69) is 19.6 Å². The molecule has 4 heteroatoms. The molecule has 0 aromatic heterocycles. The van der Waals surface area contributed by atoms with Crippen LogP contribution in [0.25, 0.3) is 0 Å². The highest BCUT2D eigenvalue weighted by Crippen LogP contribution is 2.50. The summed E-state index contributed by atoms with van der Waals surface area (Å²) >= 11 is 4.39. The number of amides is 1. The quantitative estimate of drug-likeness (QED) is 0.687. The molecule has 18 heavy (non-hydrogen) atoms. The molecule has 3 nitrogen and oxygen atoms in total. The van der Waals surface area contributed by atoms with Gasteiger partial charge in [-0.25, -0.2) is 0 Å². The van der Waals surface area contributed by atoms with Gasteiger partial charge in [0.05, 0.1) is 6.61 Å². The molecule has 2 aliphatic rings. The van der Waals surface area contributed by atoms with Crippen LogP contribution in [0.3, 0.4) is 0 Å².